The molecular formula is C7H13O8PS. The Hall–Kier alpha value is -0.470. The van der Waals surface area contributed by atoms with E-state index in [9.17, 15) is 17.8 Å². The first-order valence-corrected chi connectivity index (χ1v) is 7.88. The van der Waals surface area contributed by atoms with E-state index in [1.54, 1.807) is 0 Å². The molecule has 0 aromatic rings. The molecule has 0 N–H and O–H groups in total. The molecule has 8 nitrogen and oxygen atoms in total. The molecule has 10 heteroatoms. The van der Waals surface area contributed by atoms with Crippen LogP contribution in [0.4, 0.5) is 0 Å². The smallest absolute Gasteiger partial charge is 0.341 e. The Kier molecular flexibility index (Phi) is 4.68. The Balaban J connectivity index is 2.49. The molecule has 1 rings (SSSR count). The van der Waals surface area contributed by atoms with Crippen LogP contribution in [-0.2, 0) is 37.4 Å². The van der Waals surface area contributed by atoms with Crippen LogP contribution in [-0.4, -0.2) is 53.2 Å². The van der Waals surface area contributed by atoms with E-state index in [1.165, 1.54) is 0 Å². The van der Waals surface area contributed by atoms with Crippen LogP contribution < -0.4 is 0 Å². The fraction of sp³-hybridized carbons (Fsp3) is 0.857. The molecule has 1 atom stereocenters. The first kappa shape index (κ1) is 14.6. The summed E-state index contributed by atoms with van der Waals surface area (Å²) in [5.41, 5.74) is 0. The third kappa shape index (κ3) is 4.36. The van der Waals surface area contributed by atoms with Crippen LogP contribution in [0.2, 0.25) is 0 Å². The summed E-state index contributed by atoms with van der Waals surface area (Å²) in [6.45, 7) is -0.224. The number of ether oxygens (including phenoxy) is 1. The Bertz CT molecular complexity index is 421. The van der Waals surface area contributed by atoms with Crippen LogP contribution in [0.15, 0.2) is 0 Å². The van der Waals surface area contributed by atoms with Gasteiger partial charge in [-0.05, 0) is 0 Å². The van der Waals surface area contributed by atoms with Crippen molar-refractivity contribution in [3.8, 4) is 0 Å². The van der Waals surface area contributed by atoms with E-state index in [4.69, 9.17) is 4.74 Å². The summed E-state index contributed by atoms with van der Waals surface area (Å²) in [6.07, 6.45) is -1.45. The van der Waals surface area contributed by atoms with Gasteiger partial charge < -0.3 is 13.8 Å². The SMILES string of the molecule is COP(=O)(CC(=O)OC1COS(=O)(=O)C1)OC. The average molecular weight is 288 g/mol. The zero-order chi connectivity index (χ0) is 13.1. The third-order valence-corrected chi connectivity index (χ3v) is 5.03. The van der Waals surface area contributed by atoms with Crippen molar-refractivity contribution in [1.82, 2.24) is 0 Å². The van der Waals surface area contributed by atoms with E-state index in [-0.39, 0.29) is 6.61 Å². The van der Waals surface area contributed by atoms with Crippen LogP contribution in [0.1, 0.15) is 0 Å². The lowest BCUT2D eigenvalue weighted by molar-refractivity contribution is -0.145. The molecule has 100 valence electrons. The van der Waals surface area contributed by atoms with E-state index >= 15 is 0 Å². The van der Waals surface area contributed by atoms with Gasteiger partial charge in [-0.2, -0.15) is 8.42 Å². The highest BCUT2D eigenvalue weighted by Gasteiger charge is 2.34. The fourth-order valence-electron chi connectivity index (χ4n) is 1.16. The van der Waals surface area contributed by atoms with Gasteiger partial charge in [0.25, 0.3) is 10.1 Å². The predicted molar refractivity (Wildman–Crippen MR) is 56.1 cm³/mol. The van der Waals surface area contributed by atoms with Gasteiger partial charge >= 0.3 is 13.6 Å². The van der Waals surface area contributed by atoms with Crippen LogP contribution in [0.3, 0.4) is 0 Å². The molecule has 0 aliphatic carbocycles. The van der Waals surface area contributed by atoms with Crippen molar-refractivity contribution < 1.29 is 35.7 Å². The Labute approximate surface area is 98.8 Å². The van der Waals surface area contributed by atoms with Crippen molar-refractivity contribution >= 4 is 23.7 Å². The highest BCUT2D eigenvalue weighted by atomic mass is 32.2. The number of hydrogen-bond acceptors (Lipinski definition) is 8. The minimum atomic E-state index is -3.60. The zero-order valence-corrected chi connectivity index (χ0v) is 11.0. The van der Waals surface area contributed by atoms with Gasteiger partial charge in [0, 0.05) is 14.2 Å². The molecule has 1 saturated heterocycles. The van der Waals surface area contributed by atoms with Gasteiger partial charge in [-0.25, -0.2) is 0 Å². The summed E-state index contributed by atoms with van der Waals surface area (Å²) in [7, 11) is -4.82. The molecular weight excluding hydrogens is 275 g/mol. The van der Waals surface area contributed by atoms with Gasteiger partial charge in [-0.15, -0.1) is 0 Å². The van der Waals surface area contributed by atoms with Crippen molar-refractivity contribution in [2.45, 2.75) is 6.10 Å². The number of carbonyl (C=O) groups is 1. The van der Waals surface area contributed by atoms with Crippen molar-refractivity contribution in [2.24, 2.45) is 0 Å². The number of hydrogen-bond donors (Lipinski definition) is 0. The summed E-state index contributed by atoms with van der Waals surface area (Å²) in [5, 5.41) is 0. The van der Waals surface area contributed by atoms with Crippen LogP contribution in [0, 0.1) is 0 Å². The van der Waals surface area contributed by atoms with Crippen molar-refractivity contribution in [3.05, 3.63) is 0 Å². The largest absolute Gasteiger partial charge is 0.458 e. The molecule has 0 aromatic carbocycles. The second kappa shape index (κ2) is 5.45. The number of carbonyl (C=O) groups excluding carboxylic acids is 1. The molecule has 1 fully saturated rings. The summed E-state index contributed by atoms with van der Waals surface area (Å²) in [4.78, 5) is 11.3. The fourth-order valence-corrected chi connectivity index (χ4v) is 3.03. The topological polar surface area (TPSA) is 105 Å². The lowest BCUT2D eigenvalue weighted by Gasteiger charge is -2.14. The van der Waals surface area contributed by atoms with Gasteiger partial charge in [0.15, 0.2) is 0 Å². The summed E-state index contributed by atoms with van der Waals surface area (Å²) in [5.74, 6) is -1.26. The van der Waals surface area contributed by atoms with Gasteiger partial charge in [0.2, 0.25) is 0 Å². The average Bonchev–Trinajstić information content (AvgIpc) is 2.57. The van der Waals surface area contributed by atoms with Crippen LogP contribution in [0.25, 0.3) is 0 Å². The monoisotopic (exact) mass is 288 g/mol. The number of esters is 1. The molecule has 0 saturated carbocycles. The molecule has 1 aliphatic heterocycles. The summed E-state index contributed by atoms with van der Waals surface area (Å²) < 4.78 is 51.6. The minimum absolute atomic E-state index is 0.224. The summed E-state index contributed by atoms with van der Waals surface area (Å²) >= 11 is 0. The van der Waals surface area contributed by atoms with E-state index in [1.807, 2.05) is 0 Å². The first-order valence-electron chi connectivity index (χ1n) is 4.57. The van der Waals surface area contributed by atoms with Gasteiger partial charge in [0.1, 0.15) is 24.6 Å². The van der Waals surface area contributed by atoms with Crippen molar-refractivity contribution in [3.63, 3.8) is 0 Å². The van der Waals surface area contributed by atoms with Gasteiger partial charge in [-0.3, -0.25) is 13.5 Å². The normalized spacial score (nSPS) is 23.5. The van der Waals surface area contributed by atoms with Gasteiger partial charge in [-0.1, -0.05) is 0 Å². The molecule has 0 aromatic heterocycles. The van der Waals surface area contributed by atoms with Gasteiger partial charge in [0.05, 0.1) is 0 Å². The lowest BCUT2D eigenvalue weighted by atomic mass is 10.4. The Morgan fingerprint density at radius 2 is 2.00 bits per heavy atom. The second-order valence-electron chi connectivity index (χ2n) is 3.25. The lowest BCUT2D eigenvalue weighted by Crippen LogP contribution is -2.24. The first-order chi connectivity index (χ1) is 7.80. The molecule has 17 heavy (non-hydrogen) atoms. The molecule has 1 heterocycles. The van der Waals surface area contributed by atoms with Crippen molar-refractivity contribution in [2.75, 3.05) is 32.7 Å². The molecule has 1 aliphatic rings. The molecule has 0 amide bonds. The van der Waals surface area contributed by atoms with E-state index in [0.29, 0.717) is 0 Å². The zero-order valence-electron chi connectivity index (χ0n) is 9.32. The maximum Gasteiger partial charge on any atom is 0.341 e. The molecule has 0 radical (unpaired) electrons. The molecule has 1 unspecified atom stereocenters. The Morgan fingerprint density at radius 1 is 1.41 bits per heavy atom. The molecule has 0 spiro atoms. The highest BCUT2D eigenvalue weighted by molar-refractivity contribution is 7.87. The summed E-state index contributed by atoms with van der Waals surface area (Å²) in [6, 6.07) is 0. The quantitative estimate of drug-likeness (QED) is 0.387. The second-order valence-corrected chi connectivity index (χ2v) is 7.21. The standard InChI is InChI=1S/C7H13O8PS/c1-12-16(9,13-2)4-7(8)15-6-3-14-17(10,11)5-6/h6H,3-5H2,1-2H3. The Morgan fingerprint density at radius 3 is 2.41 bits per heavy atom. The van der Waals surface area contributed by atoms with Crippen molar-refractivity contribution in [1.29, 1.82) is 0 Å². The maximum atomic E-state index is 11.6. The molecule has 0 bridgehead atoms. The highest BCUT2D eigenvalue weighted by Crippen LogP contribution is 2.46. The predicted octanol–water partition coefficient (Wildman–Crippen LogP) is -0.256. The number of rotatable bonds is 5. The minimum Gasteiger partial charge on any atom is -0.458 e. The third-order valence-electron chi connectivity index (χ3n) is 2.00. The van der Waals surface area contributed by atoms with E-state index in [0.717, 1.165) is 14.2 Å². The van der Waals surface area contributed by atoms with Crippen LogP contribution in [0.5, 0.6) is 0 Å². The van der Waals surface area contributed by atoms with Crippen LogP contribution >= 0.6 is 7.60 Å². The van der Waals surface area contributed by atoms with E-state index in [2.05, 4.69) is 13.2 Å². The van der Waals surface area contributed by atoms with E-state index < -0.39 is 41.7 Å². The maximum absolute atomic E-state index is 11.6.